The molecule has 0 saturated heterocycles. The van der Waals surface area contributed by atoms with Crippen molar-refractivity contribution in [3.8, 4) is 16.9 Å². The number of nitrogens with zero attached hydrogens (tertiary/aromatic N) is 4. The second-order valence-electron chi connectivity index (χ2n) is 7.99. The first-order chi connectivity index (χ1) is 15.0. The molecule has 1 amide bonds. The summed E-state index contributed by atoms with van der Waals surface area (Å²) in [6.45, 7) is 4.08. The highest BCUT2D eigenvalue weighted by atomic mass is 19.1. The summed E-state index contributed by atoms with van der Waals surface area (Å²) >= 11 is 0. The molecule has 4 aromatic rings. The van der Waals surface area contributed by atoms with Crippen LogP contribution in [0.5, 0.6) is 0 Å². The quantitative estimate of drug-likeness (QED) is 0.500. The van der Waals surface area contributed by atoms with Gasteiger partial charge in [-0.1, -0.05) is 28.5 Å². The highest BCUT2D eigenvalue weighted by Crippen LogP contribution is 2.42. The summed E-state index contributed by atoms with van der Waals surface area (Å²) in [4.78, 5) is 13.0. The van der Waals surface area contributed by atoms with Gasteiger partial charge < -0.3 is 5.32 Å². The number of aromatic amines is 1. The highest BCUT2D eigenvalue weighted by Gasteiger charge is 2.34. The monoisotopic (exact) mass is 416 g/mol. The Hall–Kier alpha value is -3.81. The lowest BCUT2D eigenvalue weighted by Crippen LogP contribution is -2.15. The van der Waals surface area contributed by atoms with Crippen molar-refractivity contribution in [1.82, 2.24) is 25.2 Å². The van der Waals surface area contributed by atoms with E-state index in [2.05, 4.69) is 44.0 Å². The van der Waals surface area contributed by atoms with Crippen molar-refractivity contribution in [2.24, 2.45) is 0 Å². The van der Waals surface area contributed by atoms with Gasteiger partial charge in [0, 0.05) is 17.5 Å². The van der Waals surface area contributed by atoms with Crippen molar-refractivity contribution in [3.63, 3.8) is 0 Å². The van der Waals surface area contributed by atoms with E-state index in [1.54, 1.807) is 22.9 Å². The molecule has 2 aromatic carbocycles. The van der Waals surface area contributed by atoms with Crippen molar-refractivity contribution in [2.75, 3.05) is 5.32 Å². The Labute approximate surface area is 178 Å². The number of rotatable bonds is 5. The van der Waals surface area contributed by atoms with Gasteiger partial charge in [0.15, 0.2) is 11.5 Å². The van der Waals surface area contributed by atoms with Crippen molar-refractivity contribution >= 4 is 11.7 Å². The number of carbonyl (C=O) groups excluding carboxylic acids is 1. The summed E-state index contributed by atoms with van der Waals surface area (Å²) in [5.41, 5.74) is 5.60. The lowest BCUT2D eigenvalue weighted by atomic mass is 10.1. The third-order valence-corrected chi connectivity index (χ3v) is 5.29. The number of halogens is 1. The van der Waals surface area contributed by atoms with Gasteiger partial charge in [0.05, 0.1) is 17.1 Å². The molecular weight excluding hydrogens is 395 g/mol. The molecule has 5 rings (SSSR count). The van der Waals surface area contributed by atoms with Gasteiger partial charge in [0.2, 0.25) is 0 Å². The average molecular weight is 416 g/mol. The van der Waals surface area contributed by atoms with Gasteiger partial charge in [-0.15, -0.1) is 5.10 Å². The number of aromatic nitrogens is 5. The maximum atomic E-state index is 13.7. The molecule has 31 heavy (non-hydrogen) atoms. The molecule has 0 radical (unpaired) electrons. The SMILES string of the molecule is Cc1cc(C)cc(-c2cc(NC(=O)c3nnn(-c4cccc(F)c4)c3C3CC3)n[nH]2)c1. The van der Waals surface area contributed by atoms with Crippen LogP contribution >= 0.6 is 0 Å². The minimum Gasteiger partial charge on any atom is -0.304 e. The summed E-state index contributed by atoms with van der Waals surface area (Å²) < 4.78 is 15.3. The maximum Gasteiger partial charge on any atom is 0.279 e. The van der Waals surface area contributed by atoms with E-state index in [0.717, 1.165) is 35.2 Å². The Kier molecular flexibility index (Phi) is 4.62. The fraction of sp³-hybridized carbons (Fsp3) is 0.217. The molecule has 8 heteroatoms. The van der Waals surface area contributed by atoms with Gasteiger partial charge in [-0.2, -0.15) is 5.10 Å². The average Bonchev–Trinajstić information content (AvgIpc) is 3.29. The fourth-order valence-electron chi connectivity index (χ4n) is 3.81. The first kappa shape index (κ1) is 19.2. The number of H-pyrrole nitrogens is 1. The van der Waals surface area contributed by atoms with E-state index in [1.165, 1.54) is 12.1 Å². The van der Waals surface area contributed by atoms with Crippen LogP contribution in [-0.4, -0.2) is 31.1 Å². The molecular formula is C23H21FN6O. The number of hydrogen-bond acceptors (Lipinski definition) is 4. The molecule has 0 unspecified atom stereocenters. The Balaban J connectivity index is 1.42. The number of benzene rings is 2. The summed E-state index contributed by atoms with van der Waals surface area (Å²) in [5, 5.41) is 18.2. The second-order valence-corrected chi connectivity index (χ2v) is 7.99. The van der Waals surface area contributed by atoms with Gasteiger partial charge in [0.1, 0.15) is 5.82 Å². The number of anilines is 1. The van der Waals surface area contributed by atoms with Gasteiger partial charge in [-0.25, -0.2) is 9.07 Å². The van der Waals surface area contributed by atoms with E-state index in [0.29, 0.717) is 17.2 Å². The summed E-state index contributed by atoms with van der Waals surface area (Å²) in [6.07, 6.45) is 1.89. The van der Waals surface area contributed by atoms with Gasteiger partial charge in [-0.3, -0.25) is 9.89 Å². The molecule has 2 N–H and O–H groups in total. The van der Waals surface area contributed by atoms with Crippen molar-refractivity contribution < 1.29 is 9.18 Å². The molecule has 0 spiro atoms. The number of nitrogens with one attached hydrogen (secondary N) is 2. The number of aryl methyl sites for hydroxylation is 2. The summed E-state index contributed by atoms with van der Waals surface area (Å²) in [6, 6.07) is 14.1. The molecule has 2 aromatic heterocycles. The molecule has 1 aliphatic rings. The largest absolute Gasteiger partial charge is 0.304 e. The van der Waals surface area contributed by atoms with Gasteiger partial charge >= 0.3 is 0 Å². The topological polar surface area (TPSA) is 88.5 Å². The van der Waals surface area contributed by atoms with Crippen molar-refractivity contribution in [1.29, 1.82) is 0 Å². The normalized spacial score (nSPS) is 13.4. The Morgan fingerprint density at radius 1 is 1.13 bits per heavy atom. The first-order valence-corrected chi connectivity index (χ1v) is 10.1. The molecule has 0 atom stereocenters. The minimum atomic E-state index is -0.386. The van der Waals surface area contributed by atoms with Crippen LogP contribution in [0, 0.1) is 19.7 Å². The van der Waals surface area contributed by atoms with Crippen LogP contribution in [-0.2, 0) is 0 Å². The van der Waals surface area contributed by atoms with Crippen LogP contribution < -0.4 is 5.32 Å². The Morgan fingerprint density at radius 3 is 2.61 bits per heavy atom. The Bertz CT molecular complexity index is 1270. The molecule has 0 aliphatic heterocycles. The summed E-state index contributed by atoms with van der Waals surface area (Å²) in [5.74, 6) is -0.163. The van der Waals surface area contributed by atoms with E-state index in [1.807, 2.05) is 13.8 Å². The number of hydrogen-bond donors (Lipinski definition) is 2. The zero-order chi connectivity index (χ0) is 21.5. The lowest BCUT2D eigenvalue weighted by molar-refractivity contribution is 0.102. The maximum absolute atomic E-state index is 13.7. The molecule has 1 saturated carbocycles. The van der Waals surface area contributed by atoms with Gasteiger partial charge in [0.25, 0.3) is 5.91 Å². The lowest BCUT2D eigenvalue weighted by Gasteiger charge is -2.07. The predicted molar refractivity (Wildman–Crippen MR) is 115 cm³/mol. The zero-order valence-corrected chi connectivity index (χ0v) is 17.2. The van der Waals surface area contributed by atoms with Crippen molar-refractivity contribution in [2.45, 2.75) is 32.6 Å². The third kappa shape index (κ3) is 3.84. The van der Waals surface area contributed by atoms with Crippen LogP contribution in [0.2, 0.25) is 0 Å². The molecule has 2 heterocycles. The number of carbonyl (C=O) groups is 1. The second kappa shape index (κ2) is 7.46. The molecule has 156 valence electrons. The highest BCUT2D eigenvalue weighted by molar-refractivity contribution is 6.03. The minimum absolute atomic E-state index is 0.184. The smallest absolute Gasteiger partial charge is 0.279 e. The fourth-order valence-corrected chi connectivity index (χ4v) is 3.81. The van der Waals surface area contributed by atoms with E-state index in [-0.39, 0.29) is 23.3 Å². The molecule has 1 aliphatic carbocycles. The molecule has 7 nitrogen and oxygen atoms in total. The number of amides is 1. The van der Waals surface area contributed by atoms with Crippen molar-refractivity contribution in [3.05, 3.63) is 76.9 Å². The Morgan fingerprint density at radius 2 is 1.90 bits per heavy atom. The van der Waals surface area contributed by atoms with E-state index < -0.39 is 0 Å². The third-order valence-electron chi connectivity index (χ3n) is 5.29. The van der Waals surface area contributed by atoms with E-state index >= 15 is 0 Å². The molecule has 0 bridgehead atoms. The summed E-state index contributed by atoms with van der Waals surface area (Å²) in [7, 11) is 0. The van der Waals surface area contributed by atoms with Crippen LogP contribution in [0.15, 0.2) is 48.5 Å². The van der Waals surface area contributed by atoms with Crippen LogP contribution in [0.25, 0.3) is 16.9 Å². The van der Waals surface area contributed by atoms with Crippen LogP contribution in [0.3, 0.4) is 0 Å². The van der Waals surface area contributed by atoms with Gasteiger partial charge in [-0.05, 0) is 57.0 Å². The van der Waals surface area contributed by atoms with Crippen LogP contribution in [0.4, 0.5) is 10.2 Å². The standard InChI is InChI=1S/C23H21FN6O/c1-13-8-14(2)10-16(9-13)19-12-20(27-26-19)25-23(31)21-22(15-6-7-15)30(29-28-21)18-5-3-4-17(24)11-18/h3-5,8-12,15H,6-7H2,1-2H3,(H2,25,26,27,31). The first-order valence-electron chi connectivity index (χ1n) is 10.1. The van der Waals surface area contributed by atoms with E-state index in [4.69, 9.17) is 0 Å². The molecule has 1 fully saturated rings. The zero-order valence-electron chi connectivity index (χ0n) is 17.2. The predicted octanol–water partition coefficient (Wildman–Crippen LogP) is 4.54. The van der Waals surface area contributed by atoms with E-state index in [9.17, 15) is 9.18 Å². The van der Waals surface area contributed by atoms with Crippen LogP contribution in [0.1, 0.15) is 46.1 Å².